The van der Waals surface area contributed by atoms with Gasteiger partial charge < -0.3 is 4.90 Å². The fraction of sp³-hybridized carbons (Fsp3) is 0.0638. The van der Waals surface area contributed by atoms with Crippen molar-refractivity contribution in [2.24, 2.45) is 0 Å². The number of hydrogen-bond acceptors (Lipinski definition) is 2. The van der Waals surface area contributed by atoms with E-state index >= 15 is 0 Å². The van der Waals surface area contributed by atoms with Gasteiger partial charge in [-0.2, -0.15) is 0 Å². The maximum absolute atomic E-state index is 2.44. The molecule has 1 aliphatic carbocycles. The van der Waals surface area contributed by atoms with Crippen LogP contribution in [0.4, 0.5) is 17.1 Å². The molecule has 0 unspecified atom stereocenters. The summed E-state index contributed by atoms with van der Waals surface area (Å²) in [6.07, 6.45) is 0. The second-order valence-corrected chi connectivity index (χ2v) is 14.9. The molecule has 0 amide bonds. The van der Waals surface area contributed by atoms with Crippen LogP contribution in [0.25, 0.3) is 64.0 Å². The van der Waals surface area contributed by atoms with Gasteiger partial charge in [0.25, 0.3) is 0 Å². The summed E-state index contributed by atoms with van der Waals surface area (Å²) in [5.41, 5.74) is 11.3. The molecule has 49 heavy (non-hydrogen) atoms. The molecule has 1 nitrogen and oxygen atoms in total. The van der Waals surface area contributed by atoms with E-state index in [-0.39, 0.29) is 5.41 Å². The van der Waals surface area contributed by atoms with Crippen molar-refractivity contribution in [2.45, 2.75) is 19.3 Å². The Balaban J connectivity index is 1.16. The molecule has 1 aliphatic rings. The molecule has 2 heteroatoms. The van der Waals surface area contributed by atoms with E-state index in [0.717, 1.165) is 17.1 Å². The van der Waals surface area contributed by atoms with Gasteiger partial charge in [-0.05, 0) is 110 Å². The van der Waals surface area contributed by atoms with Crippen molar-refractivity contribution in [1.82, 2.24) is 0 Å². The molecule has 0 saturated heterocycles. The van der Waals surface area contributed by atoms with Crippen LogP contribution >= 0.6 is 11.3 Å². The van der Waals surface area contributed by atoms with Crippen LogP contribution in [0.1, 0.15) is 25.0 Å². The summed E-state index contributed by atoms with van der Waals surface area (Å²) in [4.78, 5) is 2.44. The van der Waals surface area contributed by atoms with Crippen molar-refractivity contribution in [2.75, 3.05) is 4.90 Å². The number of anilines is 3. The highest BCUT2D eigenvalue weighted by Crippen LogP contribution is 2.51. The Morgan fingerprint density at radius 3 is 1.94 bits per heavy atom. The van der Waals surface area contributed by atoms with E-state index in [1.165, 1.54) is 75.1 Å². The van der Waals surface area contributed by atoms with E-state index in [4.69, 9.17) is 0 Å². The van der Waals surface area contributed by atoms with E-state index < -0.39 is 0 Å². The molecule has 0 atom stereocenters. The molecule has 232 valence electrons. The van der Waals surface area contributed by atoms with Crippen molar-refractivity contribution < 1.29 is 0 Å². The highest BCUT2D eigenvalue weighted by molar-refractivity contribution is 7.26. The van der Waals surface area contributed by atoms with E-state index in [0.29, 0.717) is 0 Å². The van der Waals surface area contributed by atoms with Gasteiger partial charge in [0.2, 0.25) is 0 Å². The lowest BCUT2D eigenvalue weighted by atomic mass is 9.82. The minimum absolute atomic E-state index is 0.0354. The zero-order chi connectivity index (χ0) is 32.7. The van der Waals surface area contributed by atoms with Crippen molar-refractivity contribution in [3.63, 3.8) is 0 Å². The molecular formula is C47H33NS. The molecule has 9 aromatic rings. The van der Waals surface area contributed by atoms with Gasteiger partial charge in [-0.1, -0.05) is 123 Å². The highest BCUT2D eigenvalue weighted by Gasteiger charge is 2.35. The molecule has 1 aromatic heterocycles. The molecule has 10 rings (SSSR count). The minimum atomic E-state index is -0.0354. The predicted octanol–water partition coefficient (Wildman–Crippen LogP) is 13.8. The van der Waals surface area contributed by atoms with Gasteiger partial charge in [-0.15, -0.1) is 11.3 Å². The van der Waals surface area contributed by atoms with E-state index in [1.54, 1.807) is 0 Å². The summed E-state index contributed by atoms with van der Waals surface area (Å²) in [5, 5.41) is 7.76. The summed E-state index contributed by atoms with van der Waals surface area (Å²) in [6.45, 7) is 4.70. The number of rotatable bonds is 4. The van der Waals surface area contributed by atoms with Crippen LogP contribution in [0.5, 0.6) is 0 Å². The summed E-state index contributed by atoms with van der Waals surface area (Å²) >= 11 is 1.88. The molecule has 1 heterocycles. The van der Waals surface area contributed by atoms with Gasteiger partial charge in [0, 0.05) is 42.6 Å². The fourth-order valence-electron chi connectivity index (χ4n) is 8.14. The number of hydrogen-bond donors (Lipinski definition) is 0. The van der Waals surface area contributed by atoms with Crippen molar-refractivity contribution in [3.05, 3.63) is 175 Å². The molecule has 0 radical (unpaired) electrons. The number of nitrogens with zero attached hydrogens (tertiary/aromatic N) is 1. The monoisotopic (exact) mass is 643 g/mol. The number of thiophene rings is 1. The first-order valence-electron chi connectivity index (χ1n) is 17.0. The van der Waals surface area contributed by atoms with Gasteiger partial charge >= 0.3 is 0 Å². The quantitative estimate of drug-likeness (QED) is 0.184. The maximum Gasteiger partial charge on any atom is 0.0468 e. The molecule has 0 saturated carbocycles. The lowest BCUT2D eigenvalue weighted by molar-refractivity contribution is 0.660. The van der Waals surface area contributed by atoms with Crippen molar-refractivity contribution >= 4 is 70.1 Å². The summed E-state index contributed by atoms with van der Waals surface area (Å²) in [5.74, 6) is 0. The van der Waals surface area contributed by atoms with Gasteiger partial charge in [-0.3, -0.25) is 0 Å². The Bertz CT molecular complexity index is 2750. The Hall–Kier alpha value is -5.70. The van der Waals surface area contributed by atoms with Gasteiger partial charge in [0.15, 0.2) is 0 Å². The molecule has 0 N–H and O–H groups in total. The fourth-order valence-corrected chi connectivity index (χ4v) is 9.24. The predicted molar refractivity (Wildman–Crippen MR) is 212 cm³/mol. The van der Waals surface area contributed by atoms with E-state index in [2.05, 4.69) is 183 Å². The second kappa shape index (κ2) is 10.7. The van der Waals surface area contributed by atoms with E-state index in [1.807, 2.05) is 11.3 Å². The van der Waals surface area contributed by atoms with Gasteiger partial charge in [0.05, 0.1) is 0 Å². The molecule has 0 aliphatic heterocycles. The lowest BCUT2D eigenvalue weighted by Gasteiger charge is -2.27. The molecule has 0 spiro atoms. The molecule has 0 bridgehead atoms. The largest absolute Gasteiger partial charge is 0.310 e. The summed E-state index contributed by atoms with van der Waals surface area (Å²) in [6, 6.07) is 60.7. The first kappa shape index (κ1) is 28.3. The zero-order valence-electron chi connectivity index (χ0n) is 27.4. The van der Waals surface area contributed by atoms with Crippen molar-refractivity contribution in [1.29, 1.82) is 0 Å². The third kappa shape index (κ3) is 4.38. The molecule has 0 fully saturated rings. The Morgan fingerprint density at radius 1 is 0.429 bits per heavy atom. The SMILES string of the molecule is CC1(C)c2ccccc2-c2cc(N(c3ccc(-c4ccc5ccccc5c4)cc3)c3ccc4sc5ccc6ccccc6c5c4c3)ccc21. The van der Waals surface area contributed by atoms with E-state index in [9.17, 15) is 0 Å². The Morgan fingerprint density at radius 2 is 1.06 bits per heavy atom. The van der Waals surface area contributed by atoms with Crippen LogP contribution in [0, 0.1) is 0 Å². The van der Waals surface area contributed by atoms with Crippen LogP contribution < -0.4 is 4.90 Å². The average Bonchev–Trinajstić information content (AvgIpc) is 3.64. The lowest BCUT2D eigenvalue weighted by Crippen LogP contribution is -2.15. The standard InChI is InChI=1S/C47H33NS/c1-47(2)42-14-8-7-13-39(42)40-28-36(22-24-43(40)47)48(35-20-17-31(18-21-35)34-16-15-30-9-3-4-11-33(30)27-34)37-23-26-44-41(29-37)46-38-12-6-5-10-32(38)19-25-45(46)49-44/h3-29H,1-2H3. The highest BCUT2D eigenvalue weighted by atomic mass is 32.1. The minimum Gasteiger partial charge on any atom is -0.310 e. The first-order valence-corrected chi connectivity index (χ1v) is 17.8. The first-order chi connectivity index (χ1) is 24.0. The third-order valence-corrected chi connectivity index (χ3v) is 11.8. The normalized spacial score (nSPS) is 13.3. The second-order valence-electron chi connectivity index (χ2n) is 13.8. The maximum atomic E-state index is 2.44. The molecule has 8 aromatic carbocycles. The topological polar surface area (TPSA) is 3.24 Å². The molecular weight excluding hydrogens is 611 g/mol. The number of benzene rings is 8. The van der Waals surface area contributed by atoms with Crippen LogP contribution in [0.2, 0.25) is 0 Å². The van der Waals surface area contributed by atoms with Gasteiger partial charge in [0.1, 0.15) is 0 Å². The number of fused-ring (bicyclic) bond motifs is 9. The summed E-state index contributed by atoms with van der Waals surface area (Å²) in [7, 11) is 0. The average molecular weight is 644 g/mol. The van der Waals surface area contributed by atoms with Crippen LogP contribution in [0.3, 0.4) is 0 Å². The Kier molecular flexibility index (Phi) is 6.16. The van der Waals surface area contributed by atoms with Crippen molar-refractivity contribution in [3.8, 4) is 22.3 Å². The van der Waals surface area contributed by atoms with Crippen LogP contribution in [-0.2, 0) is 5.41 Å². The zero-order valence-corrected chi connectivity index (χ0v) is 28.3. The summed E-state index contributed by atoms with van der Waals surface area (Å²) < 4.78 is 2.64. The van der Waals surface area contributed by atoms with Crippen LogP contribution in [0.15, 0.2) is 164 Å². The van der Waals surface area contributed by atoms with Crippen LogP contribution in [-0.4, -0.2) is 0 Å². The van der Waals surface area contributed by atoms with Gasteiger partial charge in [-0.25, -0.2) is 0 Å². The Labute approximate surface area is 290 Å². The third-order valence-electron chi connectivity index (χ3n) is 10.6. The smallest absolute Gasteiger partial charge is 0.0468 e.